The average molecular weight is 385 g/mol. The molecular weight excluding hydrogens is 373 g/mol. The normalized spacial score (nSPS) is 10.6. The molecule has 0 aliphatic heterocycles. The number of hydrogen-bond donors (Lipinski definition) is 3. The van der Waals surface area contributed by atoms with Crippen LogP contribution in [0.5, 0.6) is 0 Å². The first-order valence-electron chi connectivity index (χ1n) is 5.57. The van der Waals surface area contributed by atoms with E-state index < -0.39 is 11.9 Å². The van der Waals surface area contributed by atoms with E-state index in [2.05, 4.69) is 33.2 Å². The number of carboxylic acid groups (broad SMARTS) is 1. The van der Waals surface area contributed by atoms with E-state index in [0.717, 1.165) is 15.3 Å². The zero-order valence-electron chi connectivity index (χ0n) is 10.6. The van der Waals surface area contributed by atoms with Gasteiger partial charge in [0.2, 0.25) is 0 Å². The van der Waals surface area contributed by atoms with Gasteiger partial charge in [0.15, 0.2) is 0 Å². The molecule has 3 N–H and O–H groups in total. The minimum atomic E-state index is -1.08. The predicted octanol–water partition coefficient (Wildman–Crippen LogP) is 1.62. The summed E-state index contributed by atoms with van der Waals surface area (Å²) in [6.45, 7) is 1.48. The summed E-state index contributed by atoms with van der Waals surface area (Å²) in [6.07, 6.45) is 1.09. The molecule has 0 fully saturated rings. The SMILES string of the molecule is Cc1cc(I)ccc1NC(=O)/C(C#N)=C\NCC(=O)O. The van der Waals surface area contributed by atoms with Gasteiger partial charge >= 0.3 is 5.97 Å². The Bertz CT molecular complexity index is 605. The van der Waals surface area contributed by atoms with Gasteiger partial charge < -0.3 is 15.7 Å². The second kappa shape index (κ2) is 7.49. The third-order valence-corrected chi connectivity index (χ3v) is 2.97. The van der Waals surface area contributed by atoms with Crippen LogP contribution < -0.4 is 10.6 Å². The van der Waals surface area contributed by atoms with Crippen LogP contribution in [0.1, 0.15) is 5.56 Å². The van der Waals surface area contributed by atoms with Crippen LogP contribution in [0.3, 0.4) is 0 Å². The molecule has 1 rings (SSSR count). The summed E-state index contributed by atoms with van der Waals surface area (Å²) in [5.41, 5.74) is 1.29. The molecule has 0 aliphatic carbocycles. The Morgan fingerprint density at radius 1 is 1.50 bits per heavy atom. The first-order valence-corrected chi connectivity index (χ1v) is 6.65. The van der Waals surface area contributed by atoms with Gasteiger partial charge in [0.05, 0.1) is 0 Å². The number of halogens is 1. The van der Waals surface area contributed by atoms with Crippen LogP contribution in [0.4, 0.5) is 5.69 Å². The Morgan fingerprint density at radius 2 is 2.20 bits per heavy atom. The highest BCUT2D eigenvalue weighted by atomic mass is 127. The maximum atomic E-state index is 11.9. The van der Waals surface area contributed by atoms with Crippen molar-refractivity contribution in [3.8, 4) is 6.07 Å². The molecule has 0 saturated heterocycles. The van der Waals surface area contributed by atoms with E-state index in [1.165, 1.54) is 0 Å². The van der Waals surface area contributed by atoms with E-state index in [1.807, 2.05) is 19.1 Å². The van der Waals surface area contributed by atoms with Gasteiger partial charge in [0, 0.05) is 15.5 Å². The van der Waals surface area contributed by atoms with Gasteiger partial charge in [-0.2, -0.15) is 5.26 Å². The van der Waals surface area contributed by atoms with Crippen molar-refractivity contribution in [3.05, 3.63) is 39.1 Å². The number of carbonyl (C=O) groups is 2. The van der Waals surface area contributed by atoms with Crippen molar-refractivity contribution < 1.29 is 14.7 Å². The number of carboxylic acids is 1. The molecule has 0 bridgehead atoms. The smallest absolute Gasteiger partial charge is 0.322 e. The molecule has 0 unspecified atom stereocenters. The lowest BCUT2D eigenvalue weighted by molar-refractivity contribution is -0.135. The number of carbonyl (C=O) groups excluding carboxylic acids is 1. The van der Waals surface area contributed by atoms with Crippen LogP contribution >= 0.6 is 22.6 Å². The molecule has 0 heterocycles. The number of rotatable bonds is 5. The Hall–Kier alpha value is -2.08. The molecule has 0 saturated carbocycles. The second-order valence-corrected chi connectivity index (χ2v) is 5.10. The van der Waals surface area contributed by atoms with Gasteiger partial charge in [0.1, 0.15) is 18.2 Å². The summed E-state index contributed by atoms with van der Waals surface area (Å²) >= 11 is 2.16. The fourth-order valence-electron chi connectivity index (χ4n) is 1.35. The Morgan fingerprint density at radius 3 is 2.75 bits per heavy atom. The molecule has 0 aromatic heterocycles. The third kappa shape index (κ3) is 4.89. The second-order valence-electron chi connectivity index (χ2n) is 3.86. The number of aliphatic carboxylic acids is 1. The molecule has 1 amide bonds. The summed E-state index contributed by atoms with van der Waals surface area (Å²) in [5.74, 6) is -1.66. The van der Waals surface area contributed by atoms with Crippen LogP contribution in [-0.4, -0.2) is 23.5 Å². The number of amides is 1. The highest BCUT2D eigenvalue weighted by Gasteiger charge is 2.10. The Balaban J connectivity index is 2.77. The molecular formula is C13H12IN3O3. The topological polar surface area (TPSA) is 102 Å². The van der Waals surface area contributed by atoms with E-state index in [9.17, 15) is 9.59 Å². The van der Waals surface area contributed by atoms with Crippen LogP contribution in [0.25, 0.3) is 0 Å². The number of hydrogen-bond acceptors (Lipinski definition) is 4. The molecule has 6 nitrogen and oxygen atoms in total. The highest BCUT2D eigenvalue weighted by molar-refractivity contribution is 14.1. The molecule has 20 heavy (non-hydrogen) atoms. The Labute approximate surface area is 129 Å². The lowest BCUT2D eigenvalue weighted by Crippen LogP contribution is -2.21. The quantitative estimate of drug-likeness (QED) is 0.406. The highest BCUT2D eigenvalue weighted by Crippen LogP contribution is 2.18. The number of nitrogens with one attached hydrogen (secondary N) is 2. The molecule has 0 aliphatic rings. The number of nitriles is 1. The fourth-order valence-corrected chi connectivity index (χ4v) is 1.99. The molecule has 0 atom stereocenters. The number of nitrogens with zero attached hydrogens (tertiary/aromatic N) is 1. The van der Waals surface area contributed by atoms with E-state index >= 15 is 0 Å². The average Bonchev–Trinajstić information content (AvgIpc) is 2.37. The predicted molar refractivity (Wildman–Crippen MR) is 81.9 cm³/mol. The summed E-state index contributed by atoms with van der Waals surface area (Å²) < 4.78 is 1.04. The minimum absolute atomic E-state index is 0.191. The maximum absolute atomic E-state index is 11.9. The monoisotopic (exact) mass is 385 g/mol. The lowest BCUT2D eigenvalue weighted by atomic mass is 10.2. The molecule has 1 aromatic carbocycles. The fraction of sp³-hybridized carbons (Fsp3) is 0.154. The Kier molecular flexibility index (Phi) is 5.99. The zero-order chi connectivity index (χ0) is 15.1. The third-order valence-electron chi connectivity index (χ3n) is 2.30. The molecule has 0 spiro atoms. The zero-order valence-corrected chi connectivity index (χ0v) is 12.8. The first-order chi connectivity index (χ1) is 9.43. The summed E-state index contributed by atoms with van der Waals surface area (Å²) in [5, 5.41) is 22.3. The molecule has 1 aromatic rings. The van der Waals surface area contributed by atoms with Crippen molar-refractivity contribution in [1.29, 1.82) is 5.26 Å². The van der Waals surface area contributed by atoms with Gasteiger partial charge in [0.25, 0.3) is 5.91 Å². The van der Waals surface area contributed by atoms with Crippen molar-refractivity contribution in [2.24, 2.45) is 0 Å². The van der Waals surface area contributed by atoms with Gasteiger partial charge in [-0.3, -0.25) is 9.59 Å². The van der Waals surface area contributed by atoms with Crippen molar-refractivity contribution in [1.82, 2.24) is 5.32 Å². The van der Waals surface area contributed by atoms with Crippen molar-refractivity contribution in [3.63, 3.8) is 0 Å². The lowest BCUT2D eigenvalue weighted by Gasteiger charge is -2.08. The largest absolute Gasteiger partial charge is 0.480 e. The van der Waals surface area contributed by atoms with Crippen molar-refractivity contribution in [2.75, 3.05) is 11.9 Å². The number of aryl methyl sites for hydroxylation is 1. The van der Waals surface area contributed by atoms with Gasteiger partial charge in [-0.1, -0.05) is 0 Å². The summed E-state index contributed by atoms with van der Waals surface area (Å²) in [7, 11) is 0. The van der Waals surface area contributed by atoms with Gasteiger partial charge in [-0.05, 0) is 53.3 Å². The van der Waals surface area contributed by atoms with Crippen LogP contribution in [-0.2, 0) is 9.59 Å². The van der Waals surface area contributed by atoms with Crippen LogP contribution in [0, 0.1) is 21.8 Å². The number of benzene rings is 1. The van der Waals surface area contributed by atoms with E-state index in [4.69, 9.17) is 10.4 Å². The summed E-state index contributed by atoms with van der Waals surface area (Å²) in [6, 6.07) is 7.20. The minimum Gasteiger partial charge on any atom is -0.480 e. The van der Waals surface area contributed by atoms with Gasteiger partial charge in [-0.25, -0.2) is 0 Å². The van der Waals surface area contributed by atoms with Crippen LogP contribution in [0.15, 0.2) is 30.0 Å². The first kappa shape index (κ1) is 16.0. The molecule has 104 valence electrons. The standard InChI is InChI=1S/C13H12IN3O3/c1-8-4-10(14)2-3-11(8)17-13(20)9(5-15)6-16-7-12(18)19/h2-4,6,16H,7H2,1H3,(H,17,20)(H,18,19)/b9-6-. The van der Waals surface area contributed by atoms with E-state index in [1.54, 1.807) is 12.1 Å². The maximum Gasteiger partial charge on any atom is 0.322 e. The van der Waals surface area contributed by atoms with Crippen LogP contribution in [0.2, 0.25) is 0 Å². The van der Waals surface area contributed by atoms with Gasteiger partial charge in [-0.15, -0.1) is 0 Å². The molecule has 0 radical (unpaired) electrons. The number of anilines is 1. The van der Waals surface area contributed by atoms with Crippen molar-refractivity contribution in [2.45, 2.75) is 6.92 Å². The summed E-state index contributed by atoms with van der Waals surface area (Å²) in [4.78, 5) is 22.2. The van der Waals surface area contributed by atoms with E-state index in [0.29, 0.717) is 5.69 Å². The van der Waals surface area contributed by atoms with Crippen molar-refractivity contribution >= 4 is 40.2 Å². The van der Waals surface area contributed by atoms with E-state index in [-0.39, 0.29) is 12.1 Å². The molecule has 7 heteroatoms.